The van der Waals surface area contributed by atoms with E-state index in [-0.39, 0.29) is 23.0 Å². The summed E-state index contributed by atoms with van der Waals surface area (Å²) in [5.74, 6) is 0.374. The minimum absolute atomic E-state index is 0.0744. The minimum Gasteiger partial charge on any atom is -0.355 e. The number of carbonyl (C=O) groups is 1. The molecule has 7 heteroatoms. The van der Waals surface area contributed by atoms with Gasteiger partial charge in [0.25, 0.3) is 5.69 Å². The van der Waals surface area contributed by atoms with E-state index in [2.05, 4.69) is 10.6 Å². The number of hydrogen-bond acceptors (Lipinski definition) is 4. The molecule has 0 aliphatic carbocycles. The monoisotopic (exact) mass is 283 g/mol. The minimum atomic E-state index is -0.515. The van der Waals surface area contributed by atoms with E-state index in [1.165, 1.54) is 18.2 Å². The van der Waals surface area contributed by atoms with Gasteiger partial charge in [0, 0.05) is 37.7 Å². The zero-order chi connectivity index (χ0) is 13.8. The zero-order valence-electron chi connectivity index (χ0n) is 10.2. The van der Waals surface area contributed by atoms with E-state index in [1.807, 2.05) is 0 Å². The van der Waals surface area contributed by atoms with Gasteiger partial charge in [-0.2, -0.15) is 0 Å². The fourth-order valence-corrected chi connectivity index (χ4v) is 2.02. The molecule has 0 spiro atoms. The molecule has 1 amide bonds. The number of nitrogens with one attached hydrogen (secondary N) is 2. The van der Waals surface area contributed by atoms with E-state index in [0.29, 0.717) is 18.0 Å². The van der Waals surface area contributed by atoms with Crippen LogP contribution in [0.25, 0.3) is 0 Å². The molecule has 1 aliphatic heterocycles. The molecule has 0 aromatic heterocycles. The van der Waals surface area contributed by atoms with Crippen LogP contribution >= 0.6 is 11.6 Å². The van der Waals surface area contributed by atoms with E-state index in [0.717, 1.165) is 13.1 Å². The van der Waals surface area contributed by atoms with Crippen molar-refractivity contribution in [3.05, 3.63) is 38.9 Å². The molecular formula is C12H14ClN3O3. The summed E-state index contributed by atoms with van der Waals surface area (Å²) in [4.78, 5) is 21.8. The number of benzene rings is 1. The topological polar surface area (TPSA) is 84.3 Å². The fourth-order valence-electron chi connectivity index (χ4n) is 1.78. The molecule has 19 heavy (non-hydrogen) atoms. The van der Waals surface area contributed by atoms with Crippen LogP contribution in [0.15, 0.2) is 18.2 Å². The Morgan fingerprint density at radius 1 is 1.53 bits per heavy atom. The lowest BCUT2D eigenvalue weighted by molar-refractivity contribution is -0.384. The van der Waals surface area contributed by atoms with E-state index in [4.69, 9.17) is 11.6 Å². The highest BCUT2D eigenvalue weighted by Crippen LogP contribution is 2.22. The highest BCUT2D eigenvalue weighted by molar-refractivity contribution is 6.31. The summed E-state index contributed by atoms with van der Waals surface area (Å²) in [5.41, 5.74) is 0.520. The van der Waals surface area contributed by atoms with Gasteiger partial charge in [0.1, 0.15) is 0 Å². The number of hydrogen-bond donors (Lipinski definition) is 2. The summed E-state index contributed by atoms with van der Waals surface area (Å²) in [6.45, 7) is 2.51. The first-order valence-electron chi connectivity index (χ1n) is 5.96. The van der Waals surface area contributed by atoms with Gasteiger partial charge in [-0.15, -0.1) is 0 Å². The quantitative estimate of drug-likeness (QED) is 0.627. The zero-order valence-corrected chi connectivity index (χ0v) is 10.9. The average molecular weight is 284 g/mol. The van der Waals surface area contributed by atoms with E-state index >= 15 is 0 Å². The molecule has 0 bridgehead atoms. The summed E-state index contributed by atoms with van der Waals surface area (Å²) >= 11 is 5.92. The number of nitro benzene ring substituents is 1. The molecule has 0 saturated carbocycles. The molecule has 1 fully saturated rings. The van der Waals surface area contributed by atoms with Crippen LogP contribution in [0.2, 0.25) is 5.02 Å². The van der Waals surface area contributed by atoms with E-state index in [1.54, 1.807) is 0 Å². The molecule has 1 aromatic rings. The maximum atomic E-state index is 11.7. The third kappa shape index (κ3) is 3.65. The summed E-state index contributed by atoms with van der Waals surface area (Å²) in [5, 5.41) is 16.8. The van der Waals surface area contributed by atoms with Crippen LogP contribution in [-0.4, -0.2) is 30.5 Å². The largest absolute Gasteiger partial charge is 0.355 e. The second-order valence-electron chi connectivity index (χ2n) is 4.54. The summed E-state index contributed by atoms with van der Waals surface area (Å²) in [6, 6.07) is 4.13. The Hall–Kier alpha value is -1.66. The molecule has 0 radical (unpaired) electrons. The van der Waals surface area contributed by atoms with Crippen molar-refractivity contribution in [3.63, 3.8) is 0 Å². The Kier molecular flexibility index (Phi) is 4.34. The summed E-state index contributed by atoms with van der Waals surface area (Å²) in [6.07, 6.45) is 0.136. The van der Waals surface area contributed by atoms with Gasteiger partial charge < -0.3 is 10.6 Å². The van der Waals surface area contributed by atoms with Gasteiger partial charge in [0.05, 0.1) is 16.4 Å². The molecule has 1 heterocycles. The molecule has 1 aliphatic rings. The van der Waals surface area contributed by atoms with Crippen LogP contribution in [0.3, 0.4) is 0 Å². The lowest BCUT2D eigenvalue weighted by Gasteiger charge is -2.27. The Morgan fingerprint density at radius 3 is 2.79 bits per heavy atom. The third-order valence-electron chi connectivity index (χ3n) is 3.05. The van der Waals surface area contributed by atoms with Crippen molar-refractivity contribution in [2.24, 2.45) is 5.92 Å². The fraction of sp³-hybridized carbons (Fsp3) is 0.417. The number of nitrogens with zero attached hydrogens (tertiary/aromatic N) is 1. The van der Waals surface area contributed by atoms with Gasteiger partial charge in [-0.25, -0.2) is 0 Å². The van der Waals surface area contributed by atoms with Crippen molar-refractivity contribution >= 4 is 23.2 Å². The predicted octanol–water partition coefficient (Wildman–Crippen LogP) is 1.13. The van der Waals surface area contributed by atoms with Crippen LogP contribution in [-0.2, 0) is 11.2 Å². The Bertz CT molecular complexity index is 503. The first-order chi connectivity index (χ1) is 9.06. The van der Waals surface area contributed by atoms with Crippen LogP contribution < -0.4 is 10.6 Å². The predicted molar refractivity (Wildman–Crippen MR) is 71.2 cm³/mol. The highest BCUT2D eigenvalue weighted by Gasteiger charge is 2.18. The Morgan fingerprint density at radius 2 is 2.26 bits per heavy atom. The standard InChI is InChI=1S/C12H14ClN3O3/c13-11-4-10(16(18)19)2-1-9(11)3-12(17)15-7-8-5-14-6-8/h1-2,4,8,14H,3,5-7H2,(H,15,17). The van der Waals surface area contributed by atoms with Crippen molar-refractivity contribution in [2.45, 2.75) is 6.42 Å². The molecule has 2 N–H and O–H groups in total. The van der Waals surface area contributed by atoms with Gasteiger partial charge in [0.15, 0.2) is 0 Å². The number of nitro groups is 1. The number of halogens is 1. The molecule has 6 nitrogen and oxygen atoms in total. The van der Waals surface area contributed by atoms with Crippen LogP contribution in [0.5, 0.6) is 0 Å². The molecule has 1 saturated heterocycles. The molecule has 0 atom stereocenters. The van der Waals surface area contributed by atoms with Gasteiger partial charge in [-0.1, -0.05) is 17.7 Å². The normalized spacial score (nSPS) is 14.8. The average Bonchev–Trinajstić information content (AvgIpc) is 2.29. The number of rotatable bonds is 5. The van der Waals surface area contributed by atoms with Crippen molar-refractivity contribution in [1.82, 2.24) is 10.6 Å². The molecular weight excluding hydrogens is 270 g/mol. The van der Waals surface area contributed by atoms with Gasteiger partial charge in [0.2, 0.25) is 5.91 Å². The summed E-state index contributed by atoms with van der Waals surface area (Å²) < 4.78 is 0. The summed E-state index contributed by atoms with van der Waals surface area (Å²) in [7, 11) is 0. The van der Waals surface area contributed by atoms with Gasteiger partial charge in [-0.3, -0.25) is 14.9 Å². The number of amides is 1. The van der Waals surface area contributed by atoms with Crippen LogP contribution in [0.4, 0.5) is 5.69 Å². The second-order valence-corrected chi connectivity index (χ2v) is 4.95. The number of non-ortho nitro benzene ring substituents is 1. The maximum absolute atomic E-state index is 11.7. The third-order valence-corrected chi connectivity index (χ3v) is 3.40. The van der Waals surface area contributed by atoms with Crippen molar-refractivity contribution in [1.29, 1.82) is 0 Å². The Labute approximate surface area is 115 Å². The molecule has 102 valence electrons. The highest BCUT2D eigenvalue weighted by atomic mass is 35.5. The van der Waals surface area contributed by atoms with Crippen molar-refractivity contribution in [2.75, 3.05) is 19.6 Å². The Balaban J connectivity index is 1.90. The lowest BCUT2D eigenvalue weighted by atomic mass is 10.0. The first kappa shape index (κ1) is 13.8. The number of carbonyl (C=O) groups excluding carboxylic acids is 1. The first-order valence-corrected chi connectivity index (χ1v) is 6.34. The lowest BCUT2D eigenvalue weighted by Crippen LogP contribution is -2.48. The molecule has 2 rings (SSSR count). The van der Waals surface area contributed by atoms with E-state index < -0.39 is 4.92 Å². The maximum Gasteiger partial charge on any atom is 0.270 e. The smallest absolute Gasteiger partial charge is 0.270 e. The van der Waals surface area contributed by atoms with Gasteiger partial charge in [-0.05, 0) is 5.56 Å². The van der Waals surface area contributed by atoms with Gasteiger partial charge >= 0.3 is 0 Å². The molecule has 1 aromatic carbocycles. The van der Waals surface area contributed by atoms with Crippen molar-refractivity contribution in [3.8, 4) is 0 Å². The molecule has 0 unspecified atom stereocenters. The second kappa shape index (κ2) is 5.99. The van der Waals surface area contributed by atoms with Crippen LogP contribution in [0, 0.1) is 16.0 Å². The SMILES string of the molecule is O=C(Cc1ccc([N+](=O)[O-])cc1Cl)NCC1CNC1. The van der Waals surface area contributed by atoms with Crippen LogP contribution in [0.1, 0.15) is 5.56 Å². The van der Waals surface area contributed by atoms with E-state index in [9.17, 15) is 14.9 Å². The van der Waals surface area contributed by atoms with Crippen molar-refractivity contribution < 1.29 is 9.72 Å².